The van der Waals surface area contributed by atoms with Gasteiger partial charge in [0.05, 0.1) is 0 Å². The summed E-state index contributed by atoms with van der Waals surface area (Å²) < 4.78 is 5.68. The number of ether oxygens (including phenoxy) is 1. The van der Waals surface area contributed by atoms with E-state index in [0.29, 0.717) is 12.5 Å². The van der Waals surface area contributed by atoms with Crippen LogP contribution in [0.2, 0.25) is 0 Å². The highest BCUT2D eigenvalue weighted by atomic mass is 16.5. The molecule has 0 aliphatic carbocycles. The van der Waals surface area contributed by atoms with E-state index in [9.17, 15) is 0 Å². The monoisotopic (exact) mass is 252 g/mol. The molecule has 0 aromatic heterocycles. The van der Waals surface area contributed by atoms with Crippen molar-refractivity contribution < 1.29 is 4.74 Å². The van der Waals surface area contributed by atoms with Crippen LogP contribution in [0.1, 0.15) is 30.9 Å². The molecule has 2 aromatic carbocycles. The molecule has 98 valence electrons. The first-order chi connectivity index (χ1) is 9.25. The van der Waals surface area contributed by atoms with Crippen molar-refractivity contribution in [3.8, 4) is 5.75 Å². The highest BCUT2D eigenvalue weighted by molar-refractivity contribution is 5.48. The molecule has 2 aromatic rings. The molecule has 0 amide bonds. The quantitative estimate of drug-likeness (QED) is 0.735. The van der Waals surface area contributed by atoms with E-state index in [1.54, 1.807) is 0 Å². The van der Waals surface area contributed by atoms with Crippen LogP contribution in [0.4, 0.5) is 0 Å². The van der Waals surface area contributed by atoms with Gasteiger partial charge in [-0.3, -0.25) is 0 Å². The number of hydrogen-bond donors (Lipinski definition) is 0. The topological polar surface area (TPSA) is 9.23 Å². The lowest BCUT2D eigenvalue weighted by atomic mass is 10.0. The van der Waals surface area contributed by atoms with Crippen LogP contribution in [0.25, 0.3) is 6.08 Å². The van der Waals surface area contributed by atoms with Crippen LogP contribution in [-0.4, -0.2) is 6.61 Å². The zero-order valence-electron chi connectivity index (χ0n) is 11.5. The average molecular weight is 252 g/mol. The van der Waals surface area contributed by atoms with Crippen LogP contribution in [0, 0.1) is 0 Å². The van der Waals surface area contributed by atoms with Gasteiger partial charge in [-0.15, -0.1) is 0 Å². The summed E-state index contributed by atoms with van der Waals surface area (Å²) in [5.41, 5.74) is 2.54. The third-order valence-electron chi connectivity index (χ3n) is 3.00. The zero-order valence-corrected chi connectivity index (χ0v) is 11.5. The molecule has 0 saturated carbocycles. The Bertz CT molecular complexity index is 509. The summed E-state index contributed by atoms with van der Waals surface area (Å²) in [7, 11) is 0. The second-order valence-corrected chi connectivity index (χ2v) is 4.85. The van der Waals surface area contributed by atoms with Crippen molar-refractivity contribution in [1.29, 1.82) is 0 Å². The molecule has 0 spiro atoms. The van der Waals surface area contributed by atoms with Crippen molar-refractivity contribution in [2.24, 2.45) is 0 Å². The minimum absolute atomic E-state index is 0.562. The molecule has 0 unspecified atom stereocenters. The summed E-state index contributed by atoms with van der Waals surface area (Å²) in [6.45, 7) is 4.98. The molecular formula is C18H20O. The fourth-order valence-electron chi connectivity index (χ4n) is 1.84. The van der Waals surface area contributed by atoms with E-state index >= 15 is 0 Å². The summed E-state index contributed by atoms with van der Waals surface area (Å²) in [5.74, 6) is 1.48. The van der Waals surface area contributed by atoms with Crippen LogP contribution in [0.15, 0.2) is 60.7 Å². The molecule has 1 heteroatoms. The minimum atomic E-state index is 0.562. The van der Waals surface area contributed by atoms with Gasteiger partial charge >= 0.3 is 0 Å². The Morgan fingerprint density at radius 2 is 1.63 bits per heavy atom. The molecule has 0 aliphatic heterocycles. The third-order valence-corrected chi connectivity index (χ3v) is 3.00. The van der Waals surface area contributed by atoms with Gasteiger partial charge in [0.15, 0.2) is 0 Å². The molecule has 0 atom stereocenters. The van der Waals surface area contributed by atoms with E-state index in [2.05, 4.69) is 44.2 Å². The second-order valence-electron chi connectivity index (χ2n) is 4.85. The van der Waals surface area contributed by atoms with Gasteiger partial charge in [0.25, 0.3) is 0 Å². The Kier molecular flexibility index (Phi) is 4.79. The van der Waals surface area contributed by atoms with E-state index in [1.165, 1.54) is 11.1 Å². The van der Waals surface area contributed by atoms with E-state index < -0.39 is 0 Å². The van der Waals surface area contributed by atoms with Gasteiger partial charge < -0.3 is 4.74 Å². The van der Waals surface area contributed by atoms with Gasteiger partial charge in [-0.1, -0.05) is 62.4 Å². The summed E-state index contributed by atoms with van der Waals surface area (Å²) in [6.07, 6.45) is 4.11. The molecule has 0 radical (unpaired) electrons. The van der Waals surface area contributed by atoms with Crippen LogP contribution in [0.5, 0.6) is 5.75 Å². The first kappa shape index (κ1) is 13.4. The number of hydrogen-bond acceptors (Lipinski definition) is 1. The van der Waals surface area contributed by atoms with Crippen molar-refractivity contribution >= 4 is 6.08 Å². The highest BCUT2D eigenvalue weighted by Crippen LogP contribution is 2.18. The van der Waals surface area contributed by atoms with E-state index in [4.69, 9.17) is 4.74 Å². The predicted octanol–water partition coefficient (Wildman–Crippen LogP) is 4.90. The molecule has 0 heterocycles. The van der Waals surface area contributed by atoms with Gasteiger partial charge in [0.2, 0.25) is 0 Å². The summed E-state index contributed by atoms with van der Waals surface area (Å²) in [6, 6.07) is 18.6. The van der Waals surface area contributed by atoms with E-state index in [-0.39, 0.29) is 0 Å². The summed E-state index contributed by atoms with van der Waals surface area (Å²) in [5, 5.41) is 0. The maximum atomic E-state index is 5.68. The maximum Gasteiger partial charge on any atom is 0.119 e. The normalized spacial score (nSPS) is 11.1. The van der Waals surface area contributed by atoms with Crippen LogP contribution < -0.4 is 4.74 Å². The van der Waals surface area contributed by atoms with Gasteiger partial charge in [0, 0.05) is 0 Å². The van der Waals surface area contributed by atoms with Crippen LogP contribution in [0.3, 0.4) is 0 Å². The largest absolute Gasteiger partial charge is 0.490 e. The second kappa shape index (κ2) is 6.79. The molecule has 1 nitrogen and oxygen atoms in total. The maximum absolute atomic E-state index is 5.68. The number of benzene rings is 2. The highest BCUT2D eigenvalue weighted by Gasteiger charge is 1.98. The zero-order chi connectivity index (χ0) is 13.5. The third kappa shape index (κ3) is 4.29. The molecule has 0 saturated heterocycles. The molecule has 0 aliphatic rings. The predicted molar refractivity (Wildman–Crippen MR) is 81.5 cm³/mol. The fraction of sp³-hybridized carbons (Fsp3) is 0.222. The lowest BCUT2D eigenvalue weighted by molar-refractivity contribution is 0.363. The number of rotatable bonds is 5. The summed E-state index contributed by atoms with van der Waals surface area (Å²) >= 11 is 0. The van der Waals surface area contributed by atoms with Crippen molar-refractivity contribution in [3.63, 3.8) is 0 Å². The smallest absolute Gasteiger partial charge is 0.119 e. The molecule has 2 rings (SSSR count). The standard InChI is InChI=1S/C18H20O/c1-15(2)17-10-12-18(13-11-17)19-14-6-9-16-7-4-3-5-8-16/h3-13,15H,14H2,1-2H3. The van der Waals surface area contributed by atoms with E-state index in [1.807, 2.05) is 36.4 Å². The van der Waals surface area contributed by atoms with Crippen molar-refractivity contribution in [2.45, 2.75) is 19.8 Å². The van der Waals surface area contributed by atoms with Crippen LogP contribution >= 0.6 is 0 Å². The lowest BCUT2D eigenvalue weighted by Gasteiger charge is -2.07. The molecule has 0 fully saturated rings. The minimum Gasteiger partial charge on any atom is -0.490 e. The van der Waals surface area contributed by atoms with Gasteiger partial charge in [-0.2, -0.15) is 0 Å². The van der Waals surface area contributed by atoms with Gasteiger partial charge in [-0.05, 0) is 35.3 Å². The van der Waals surface area contributed by atoms with E-state index in [0.717, 1.165) is 5.75 Å². The Morgan fingerprint density at radius 1 is 0.947 bits per heavy atom. The Morgan fingerprint density at radius 3 is 2.26 bits per heavy atom. The van der Waals surface area contributed by atoms with Gasteiger partial charge in [0.1, 0.15) is 12.4 Å². The fourth-order valence-corrected chi connectivity index (χ4v) is 1.84. The Hall–Kier alpha value is -2.02. The van der Waals surface area contributed by atoms with Gasteiger partial charge in [-0.25, -0.2) is 0 Å². The molecule has 19 heavy (non-hydrogen) atoms. The Labute approximate surface area is 115 Å². The lowest BCUT2D eigenvalue weighted by Crippen LogP contribution is -1.94. The molecular weight excluding hydrogens is 232 g/mol. The average Bonchev–Trinajstić information content (AvgIpc) is 2.45. The first-order valence-electron chi connectivity index (χ1n) is 6.70. The van der Waals surface area contributed by atoms with Crippen molar-refractivity contribution in [3.05, 3.63) is 71.8 Å². The molecule has 0 bridgehead atoms. The first-order valence-corrected chi connectivity index (χ1v) is 6.70. The molecule has 0 N–H and O–H groups in total. The summed E-state index contributed by atoms with van der Waals surface area (Å²) in [4.78, 5) is 0. The Balaban J connectivity index is 1.84. The SMILES string of the molecule is CC(C)c1ccc(OCC=Cc2ccccc2)cc1. The van der Waals surface area contributed by atoms with Crippen molar-refractivity contribution in [1.82, 2.24) is 0 Å². The van der Waals surface area contributed by atoms with Crippen LogP contribution in [-0.2, 0) is 0 Å². The van der Waals surface area contributed by atoms with Crippen molar-refractivity contribution in [2.75, 3.05) is 6.61 Å².